The van der Waals surface area contributed by atoms with E-state index in [4.69, 9.17) is 5.11 Å². The molecule has 0 heterocycles. The van der Waals surface area contributed by atoms with E-state index in [9.17, 15) is 20.4 Å². The lowest BCUT2D eigenvalue weighted by atomic mass is 10.0. The highest BCUT2D eigenvalue weighted by atomic mass is 16.4. The van der Waals surface area contributed by atoms with Gasteiger partial charge >= 0.3 is 0 Å². The van der Waals surface area contributed by atoms with Crippen LogP contribution in [0.15, 0.2) is 70.9 Å². The summed E-state index contributed by atoms with van der Waals surface area (Å²) in [4.78, 5) is 0. The molecule has 0 aliphatic heterocycles. The molecule has 0 amide bonds. The van der Waals surface area contributed by atoms with Crippen LogP contribution in [0.4, 0.5) is 11.4 Å². The van der Waals surface area contributed by atoms with E-state index in [2.05, 4.69) is 21.1 Å². The van der Waals surface area contributed by atoms with Gasteiger partial charge in [-0.15, -0.1) is 0 Å². The summed E-state index contributed by atoms with van der Waals surface area (Å²) in [6.45, 7) is -0.774. The minimum atomic E-state index is -1.80. The van der Waals surface area contributed by atoms with Crippen LogP contribution >= 0.6 is 0 Å². The number of hydrazone groups is 2. The molecule has 2 aromatic rings. The average molecular weight is 388 g/mol. The van der Waals surface area contributed by atoms with Crippen molar-refractivity contribution in [1.82, 2.24) is 0 Å². The summed E-state index contributed by atoms with van der Waals surface area (Å²) in [7, 11) is 0. The predicted molar refractivity (Wildman–Crippen MR) is 107 cm³/mol. The Morgan fingerprint density at radius 1 is 0.821 bits per heavy atom. The number of nitrogens with zero attached hydrogens (tertiary/aromatic N) is 2. The Kier molecular flexibility index (Phi) is 8.53. The van der Waals surface area contributed by atoms with Crippen LogP contribution in [0.25, 0.3) is 0 Å². The fraction of sp³-hybridized carbons (Fsp3) is 0.263. The second-order valence-corrected chi connectivity index (χ2v) is 5.93. The van der Waals surface area contributed by atoms with Gasteiger partial charge in [0, 0.05) is 0 Å². The Labute approximate surface area is 162 Å². The van der Waals surface area contributed by atoms with Crippen LogP contribution in [0.5, 0.6) is 0 Å². The molecule has 0 aliphatic rings. The summed E-state index contributed by atoms with van der Waals surface area (Å²) < 4.78 is 0. The molecule has 0 unspecified atom stereocenters. The van der Waals surface area contributed by atoms with Crippen LogP contribution in [-0.2, 0) is 0 Å². The maximum absolute atomic E-state index is 10.4. The lowest BCUT2D eigenvalue weighted by Crippen LogP contribution is -2.49. The van der Waals surface area contributed by atoms with Crippen molar-refractivity contribution >= 4 is 23.3 Å². The number of benzene rings is 2. The fourth-order valence-corrected chi connectivity index (χ4v) is 2.20. The van der Waals surface area contributed by atoms with Crippen molar-refractivity contribution < 1.29 is 25.5 Å². The van der Waals surface area contributed by atoms with E-state index < -0.39 is 31.0 Å². The van der Waals surface area contributed by atoms with Gasteiger partial charge in [0.25, 0.3) is 0 Å². The van der Waals surface area contributed by atoms with Gasteiger partial charge in [0.1, 0.15) is 30.1 Å². The van der Waals surface area contributed by atoms with Gasteiger partial charge in [0.15, 0.2) is 0 Å². The number of hydrogen-bond donors (Lipinski definition) is 7. The van der Waals surface area contributed by atoms with Gasteiger partial charge in [-0.25, -0.2) is 0 Å². The first-order valence-electron chi connectivity index (χ1n) is 8.59. The number of para-hydroxylation sites is 2. The maximum Gasteiger partial charge on any atom is 0.128 e. The molecule has 0 aliphatic carbocycles. The third-order valence-corrected chi connectivity index (χ3v) is 3.81. The van der Waals surface area contributed by atoms with Gasteiger partial charge in [-0.05, 0) is 24.3 Å². The zero-order valence-electron chi connectivity index (χ0n) is 15.0. The Morgan fingerprint density at radius 2 is 1.36 bits per heavy atom. The zero-order chi connectivity index (χ0) is 20.4. The molecule has 0 saturated carbocycles. The number of anilines is 2. The molecule has 0 fully saturated rings. The van der Waals surface area contributed by atoms with Crippen molar-refractivity contribution in [2.24, 2.45) is 10.2 Å². The number of aliphatic hydroxyl groups excluding tert-OH is 5. The lowest BCUT2D eigenvalue weighted by Gasteiger charge is -2.25. The minimum absolute atomic E-state index is 0.107. The molecule has 9 heteroatoms. The maximum atomic E-state index is 10.4. The topological polar surface area (TPSA) is 150 Å². The molecule has 0 saturated heterocycles. The highest BCUT2D eigenvalue weighted by Gasteiger charge is 2.32. The van der Waals surface area contributed by atoms with E-state index in [-0.39, 0.29) is 5.71 Å². The number of rotatable bonds is 10. The Morgan fingerprint density at radius 3 is 1.89 bits per heavy atom. The first-order valence-corrected chi connectivity index (χ1v) is 8.59. The molecule has 28 heavy (non-hydrogen) atoms. The minimum Gasteiger partial charge on any atom is -0.394 e. The van der Waals surface area contributed by atoms with Crippen LogP contribution < -0.4 is 10.9 Å². The van der Waals surface area contributed by atoms with Gasteiger partial charge in [-0.2, -0.15) is 10.2 Å². The summed E-state index contributed by atoms with van der Waals surface area (Å²) in [5.41, 5.74) is 6.68. The summed E-state index contributed by atoms with van der Waals surface area (Å²) in [5.74, 6) is 0. The van der Waals surface area contributed by atoms with Gasteiger partial charge in [-0.3, -0.25) is 10.9 Å². The van der Waals surface area contributed by atoms with Crippen LogP contribution in [0.1, 0.15) is 0 Å². The highest BCUT2D eigenvalue weighted by Crippen LogP contribution is 2.09. The first kappa shape index (κ1) is 21.5. The quantitative estimate of drug-likeness (QED) is 0.223. The van der Waals surface area contributed by atoms with Crippen molar-refractivity contribution in [3.8, 4) is 0 Å². The van der Waals surface area contributed by atoms with Crippen LogP contribution in [0, 0.1) is 0 Å². The van der Waals surface area contributed by atoms with Crippen molar-refractivity contribution in [2.45, 2.75) is 24.4 Å². The molecular formula is C19H24N4O5. The predicted octanol–water partition coefficient (Wildman–Crippen LogP) is -0.0117. The largest absolute Gasteiger partial charge is 0.394 e. The Balaban J connectivity index is 2.16. The second kappa shape index (κ2) is 11.1. The molecule has 2 rings (SSSR count). The monoisotopic (exact) mass is 388 g/mol. The Hall–Kier alpha value is -2.82. The van der Waals surface area contributed by atoms with E-state index >= 15 is 0 Å². The van der Waals surface area contributed by atoms with Gasteiger partial charge in [0.05, 0.1) is 24.2 Å². The summed E-state index contributed by atoms with van der Waals surface area (Å²) in [6.07, 6.45) is -5.71. The van der Waals surface area contributed by atoms with E-state index in [1.165, 1.54) is 6.21 Å². The number of aliphatic hydroxyl groups is 5. The van der Waals surface area contributed by atoms with Crippen molar-refractivity contribution in [1.29, 1.82) is 0 Å². The van der Waals surface area contributed by atoms with E-state index in [1.807, 2.05) is 24.3 Å². The lowest BCUT2D eigenvalue weighted by molar-refractivity contribution is -0.100. The SMILES string of the molecule is OC[C@@H](O)[C@@H](O)[C@H](O)[C@@H](O)C(C=NNc1ccccc1)=NNc1ccccc1. The fourth-order valence-electron chi connectivity index (χ4n) is 2.20. The van der Waals surface area contributed by atoms with E-state index in [0.717, 1.165) is 0 Å². The van der Waals surface area contributed by atoms with Gasteiger partial charge < -0.3 is 25.5 Å². The summed E-state index contributed by atoms with van der Waals surface area (Å²) in [6, 6.07) is 17.9. The van der Waals surface area contributed by atoms with Gasteiger partial charge in [-0.1, -0.05) is 36.4 Å². The normalized spacial score (nSPS) is 16.4. The molecule has 4 atom stereocenters. The molecule has 7 N–H and O–H groups in total. The second-order valence-electron chi connectivity index (χ2n) is 5.93. The summed E-state index contributed by atoms with van der Waals surface area (Å²) >= 11 is 0. The molecular weight excluding hydrogens is 364 g/mol. The smallest absolute Gasteiger partial charge is 0.128 e. The van der Waals surface area contributed by atoms with Gasteiger partial charge in [0.2, 0.25) is 0 Å². The molecule has 9 nitrogen and oxygen atoms in total. The number of nitrogens with one attached hydrogen (secondary N) is 2. The summed E-state index contributed by atoms with van der Waals surface area (Å²) in [5, 5.41) is 56.7. The first-order chi connectivity index (χ1) is 13.5. The molecule has 150 valence electrons. The molecule has 0 radical (unpaired) electrons. The standard InChI is InChI=1S/C19H24N4O5/c24-12-16(25)18(27)19(28)17(26)15(23-22-14-9-5-2-6-10-14)11-20-21-13-7-3-1-4-8-13/h1-11,16-19,21-22,24-28H,12H2/t16-,17+,18-,19-/m1/s1. The van der Waals surface area contributed by atoms with Crippen LogP contribution in [0.3, 0.4) is 0 Å². The van der Waals surface area contributed by atoms with Crippen LogP contribution in [-0.4, -0.2) is 68.5 Å². The van der Waals surface area contributed by atoms with E-state index in [1.54, 1.807) is 36.4 Å². The van der Waals surface area contributed by atoms with E-state index in [0.29, 0.717) is 11.4 Å². The van der Waals surface area contributed by atoms with Crippen molar-refractivity contribution in [2.75, 3.05) is 17.5 Å². The Bertz CT molecular complexity index is 757. The third-order valence-electron chi connectivity index (χ3n) is 3.81. The number of hydrogen-bond acceptors (Lipinski definition) is 9. The van der Waals surface area contributed by atoms with Crippen molar-refractivity contribution in [3.63, 3.8) is 0 Å². The molecule has 0 spiro atoms. The highest BCUT2D eigenvalue weighted by molar-refractivity contribution is 6.33. The molecule has 0 bridgehead atoms. The molecule has 2 aromatic carbocycles. The molecule has 0 aromatic heterocycles. The van der Waals surface area contributed by atoms with Crippen LogP contribution in [0.2, 0.25) is 0 Å². The average Bonchev–Trinajstić information content (AvgIpc) is 2.75. The van der Waals surface area contributed by atoms with Crippen molar-refractivity contribution in [3.05, 3.63) is 60.7 Å². The third kappa shape index (κ3) is 6.41. The zero-order valence-corrected chi connectivity index (χ0v) is 15.0.